The Balaban J connectivity index is 1.46. The first-order valence-corrected chi connectivity index (χ1v) is 12.1. The first kappa shape index (κ1) is 21.3. The Hall–Kier alpha value is -1.44. The normalized spacial score (nSPS) is 19.8. The second-order valence-corrected chi connectivity index (χ2v) is 9.86. The molecule has 0 atom stereocenters. The van der Waals surface area contributed by atoms with Crippen LogP contribution in [0, 0.1) is 5.92 Å². The molecule has 156 valence electrons. The van der Waals surface area contributed by atoms with E-state index in [1.165, 1.54) is 25.7 Å². The number of piperidine rings is 1. The lowest BCUT2D eigenvalue weighted by Crippen LogP contribution is -2.42. The first-order valence-electron chi connectivity index (χ1n) is 10.6. The van der Waals surface area contributed by atoms with Gasteiger partial charge in [0, 0.05) is 24.7 Å². The van der Waals surface area contributed by atoms with E-state index in [0.717, 1.165) is 38.4 Å². The van der Waals surface area contributed by atoms with Crippen molar-refractivity contribution in [1.82, 2.24) is 9.62 Å². The van der Waals surface area contributed by atoms with Gasteiger partial charge in [-0.05, 0) is 75.4 Å². The van der Waals surface area contributed by atoms with Gasteiger partial charge in [-0.25, -0.2) is 13.1 Å². The number of rotatable bonds is 8. The van der Waals surface area contributed by atoms with Crippen LogP contribution in [0.25, 0.3) is 0 Å². The van der Waals surface area contributed by atoms with Crippen molar-refractivity contribution < 1.29 is 13.2 Å². The van der Waals surface area contributed by atoms with Crippen LogP contribution >= 0.6 is 0 Å². The summed E-state index contributed by atoms with van der Waals surface area (Å²) in [5.41, 5.74) is 0.622. The van der Waals surface area contributed by atoms with E-state index in [1.54, 1.807) is 24.3 Å². The Kier molecular flexibility index (Phi) is 7.48. The molecule has 1 saturated heterocycles. The second kappa shape index (κ2) is 9.85. The molecule has 0 spiro atoms. The zero-order valence-electron chi connectivity index (χ0n) is 16.8. The Morgan fingerprint density at radius 2 is 1.71 bits per heavy atom. The molecule has 28 heavy (non-hydrogen) atoms. The largest absolute Gasteiger partial charge is 0.326 e. The third kappa shape index (κ3) is 5.78. The number of hydrogen-bond acceptors (Lipinski definition) is 4. The molecular weight excluding hydrogens is 374 g/mol. The van der Waals surface area contributed by atoms with Crippen LogP contribution in [-0.4, -0.2) is 44.9 Å². The van der Waals surface area contributed by atoms with Gasteiger partial charge in [-0.2, -0.15) is 0 Å². The zero-order chi connectivity index (χ0) is 20.0. The van der Waals surface area contributed by atoms with Crippen molar-refractivity contribution in [2.75, 3.05) is 25.0 Å². The van der Waals surface area contributed by atoms with Crippen LogP contribution in [0.3, 0.4) is 0 Å². The van der Waals surface area contributed by atoms with Crippen LogP contribution in [0.2, 0.25) is 0 Å². The molecule has 2 N–H and O–H groups in total. The molecule has 2 fully saturated rings. The standard InChI is InChI=1S/C21H33N3O3S/c1-2-5-21(25)23-18-8-10-20(11-9-18)28(26,27)22-16-17-12-14-24(15-13-17)19-6-3-4-7-19/h8-11,17,19,22H,2-7,12-16H2,1H3,(H,23,25). The van der Waals surface area contributed by atoms with Gasteiger partial charge in [0.2, 0.25) is 15.9 Å². The van der Waals surface area contributed by atoms with Crippen LogP contribution in [0.1, 0.15) is 58.3 Å². The Bertz CT molecular complexity index is 735. The van der Waals surface area contributed by atoms with Crippen molar-refractivity contribution in [3.8, 4) is 0 Å². The van der Waals surface area contributed by atoms with E-state index in [9.17, 15) is 13.2 Å². The molecule has 1 aromatic rings. The third-order valence-corrected chi connectivity index (χ3v) is 7.42. The Labute approximate surface area is 169 Å². The minimum absolute atomic E-state index is 0.0554. The van der Waals surface area contributed by atoms with Gasteiger partial charge in [-0.3, -0.25) is 4.79 Å². The highest BCUT2D eigenvalue weighted by molar-refractivity contribution is 7.89. The predicted octanol–water partition coefficient (Wildman–Crippen LogP) is 3.36. The van der Waals surface area contributed by atoms with Crippen LogP contribution in [-0.2, 0) is 14.8 Å². The van der Waals surface area contributed by atoms with Gasteiger partial charge >= 0.3 is 0 Å². The average Bonchev–Trinajstić information content (AvgIpc) is 3.22. The average molecular weight is 408 g/mol. The van der Waals surface area contributed by atoms with E-state index in [1.807, 2.05) is 6.92 Å². The number of nitrogens with one attached hydrogen (secondary N) is 2. The molecule has 6 nitrogen and oxygen atoms in total. The summed E-state index contributed by atoms with van der Waals surface area (Å²) in [6.45, 7) is 4.61. The maximum Gasteiger partial charge on any atom is 0.240 e. The smallest absolute Gasteiger partial charge is 0.240 e. The third-order valence-electron chi connectivity index (χ3n) is 5.98. The van der Waals surface area contributed by atoms with Crippen molar-refractivity contribution in [3.05, 3.63) is 24.3 Å². The lowest BCUT2D eigenvalue weighted by atomic mass is 9.96. The van der Waals surface area contributed by atoms with Gasteiger partial charge in [0.1, 0.15) is 0 Å². The summed E-state index contributed by atoms with van der Waals surface area (Å²) >= 11 is 0. The molecule has 0 unspecified atom stereocenters. The van der Waals surface area contributed by atoms with Crippen molar-refractivity contribution in [3.63, 3.8) is 0 Å². The van der Waals surface area contributed by atoms with Crippen molar-refractivity contribution >= 4 is 21.6 Å². The monoisotopic (exact) mass is 407 g/mol. The molecule has 2 aliphatic rings. The summed E-state index contributed by atoms with van der Waals surface area (Å²) in [6, 6.07) is 7.14. The zero-order valence-corrected chi connectivity index (χ0v) is 17.6. The number of anilines is 1. The van der Waals surface area contributed by atoms with Crippen molar-refractivity contribution in [2.45, 2.75) is 69.2 Å². The SMILES string of the molecule is CCCC(=O)Nc1ccc(S(=O)(=O)NCC2CCN(C3CCCC3)CC2)cc1. The molecule has 1 aliphatic carbocycles. The predicted molar refractivity (Wildman–Crippen MR) is 112 cm³/mol. The van der Waals surface area contributed by atoms with Crippen LogP contribution in [0.5, 0.6) is 0 Å². The van der Waals surface area contributed by atoms with E-state index in [4.69, 9.17) is 0 Å². The number of hydrogen-bond donors (Lipinski definition) is 2. The molecule has 3 rings (SSSR count). The van der Waals surface area contributed by atoms with Crippen LogP contribution < -0.4 is 10.0 Å². The summed E-state index contributed by atoms with van der Waals surface area (Å²) in [7, 11) is -3.52. The topological polar surface area (TPSA) is 78.5 Å². The Morgan fingerprint density at radius 1 is 1.07 bits per heavy atom. The number of carbonyl (C=O) groups is 1. The van der Waals surface area contributed by atoms with Gasteiger partial charge in [-0.15, -0.1) is 0 Å². The van der Waals surface area contributed by atoms with Gasteiger partial charge in [0.05, 0.1) is 4.90 Å². The fourth-order valence-electron chi connectivity index (χ4n) is 4.27. The highest BCUT2D eigenvalue weighted by Crippen LogP contribution is 2.27. The molecule has 1 saturated carbocycles. The van der Waals surface area contributed by atoms with Crippen LogP contribution in [0.4, 0.5) is 5.69 Å². The number of likely N-dealkylation sites (tertiary alicyclic amines) is 1. The van der Waals surface area contributed by atoms with E-state index in [2.05, 4.69) is 14.9 Å². The van der Waals surface area contributed by atoms with E-state index in [0.29, 0.717) is 24.6 Å². The summed E-state index contributed by atoms with van der Waals surface area (Å²) in [5.74, 6) is 0.347. The number of amides is 1. The molecular formula is C21H33N3O3S. The molecule has 1 aliphatic heterocycles. The summed E-state index contributed by atoms with van der Waals surface area (Å²) in [5, 5.41) is 2.77. The lowest BCUT2D eigenvalue weighted by molar-refractivity contribution is -0.116. The van der Waals surface area contributed by atoms with Gasteiger partial charge in [0.25, 0.3) is 0 Å². The summed E-state index contributed by atoms with van der Waals surface area (Å²) in [6.07, 6.45) is 8.71. The number of sulfonamides is 1. The quantitative estimate of drug-likeness (QED) is 0.693. The lowest BCUT2D eigenvalue weighted by Gasteiger charge is -2.36. The maximum absolute atomic E-state index is 12.6. The number of benzene rings is 1. The Morgan fingerprint density at radius 3 is 2.32 bits per heavy atom. The summed E-state index contributed by atoms with van der Waals surface area (Å²) in [4.78, 5) is 14.5. The molecule has 0 radical (unpaired) electrons. The first-order chi connectivity index (χ1) is 13.5. The molecule has 0 aromatic heterocycles. The molecule has 7 heteroatoms. The maximum atomic E-state index is 12.6. The fraction of sp³-hybridized carbons (Fsp3) is 0.667. The van der Waals surface area contributed by atoms with Gasteiger partial charge in [0.15, 0.2) is 0 Å². The summed E-state index contributed by atoms with van der Waals surface area (Å²) < 4.78 is 27.9. The highest BCUT2D eigenvalue weighted by atomic mass is 32.2. The number of carbonyl (C=O) groups excluding carboxylic acids is 1. The van der Waals surface area contributed by atoms with E-state index < -0.39 is 10.0 Å². The van der Waals surface area contributed by atoms with E-state index in [-0.39, 0.29) is 10.8 Å². The molecule has 1 heterocycles. The van der Waals surface area contributed by atoms with Crippen molar-refractivity contribution in [2.24, 2.45) is 5.92 Å². The van der Waals surface area contributed by atoms with E-state index >= 15 is 0 Å². The van der Waals surface area contributed by atoms with Gasteiger partial charge in [-0.1, -0.05) is 19.8 Å². The second-order valence-electron chi connectivity index (χ2n) is 8.09. The highest BCUT2D eigenvalue weighted by Gasteiger charge is 2.27. The number of nitrogens with zero attached hydrogens (tertiary/aromatic N) is 1. The molecule has 1 aromatic carbocycles. The van der Waals surface area contributed by atoms with Crippen molar-refractivity contribution in [1.29, 1.82) is 0 Å². The van der Waals surface area contributed by atoms with Gasteiger partial charge < -0.3 is 10.2 Å². The minimum Gasteiger partial charge on any atom is -0.326 e. The van der Waals surface area contributed by atoms with Crippen LogP contribution in [0.15, 0.2) is 29.2 Å². The fourth-order valence-corrected chi connectivity index (χ4v) is 5.39. The minimum atomic E-state index is -3.52. The molecule has 1 amide bonds. The molecule has 0 bridgehead atoms.